The predicted octanol–water partition coefficient (Wildman–Crippen LogP) is 2.66. The topological polar surface area (TPSA) is 79.8 Å². The number of benzene rings is 1. The van der Waals surface area contributed by atoms with Crippen LogP contribution in [0.2, 0.25) is 0 Å². The molecule has 7 nitrogen and oxygen atoms in total. The molecule has 28 heavy (non-hydrogen) atoms. The number of nitrogens with zero attached hydrogens (tertiary/aromatic N) is 3. The van der Waals surface area contributed by atoms with Crippen molar-refractivity contribution in [1.82, 2.24) is 15.0 Å². The lowest BCUT2D eigenvalue weighted by molar-refractivity contribution is 0.0589. The van der Waals surface area contributed by atoms with Gasteiger partial charge in [-0.1, -0.05) is 17.3 Å². The Bertz CT molecular complexity index is 1090. The average molecular weight is 381 g/mol. The summed E-state index contributed by atoms with van der Waals surface area (Å²) >= 11 is 0. The highest BCUT2D eigenvalue weighted by molar-refractivity contribution is 5.91. The Hall–Kier alpha value is -2.93. The third-order valence-electron chi connectivity index (χ3n) is 5.41. The van der Waals surface area contributed by atoms with E-state index in [0.29, 0.717) is 30.9 Å². The Kier molecular flexibility index (Phi) is 4.77. The van der Waals surface area contributed by atoms with E-state index in [1.807, 2.05) is 19.9 Å². The Morgan fingerprint density at radius 2 is 1.86 bits per heavy atom. The fourth-order valence-corrected chi connectivity index (χ4v) is 3.63. The summed E-state index contributed by atoms with van der Waals surface area (Å²) in [6.45, 7) is 9.09. The fourth-order valence-electron chi connectivity index (χ4n) is 3.63. The lowest BCUT2D eigenvalue weighted by Crippen LogP contribution is -2.48. The number of amides is 1. The van der Waals surface area contributed by atoms with Crippen LogP contribution < -0.4 is 5.63 Å². The molecule has 0 radical (unpaired) electrons. The van der Waals surface area contributed by atoms with Crippen molar-refractivity contribution in [3.63, 3.8) is 0 Å². The molecular formula is C21H23N3O4. The summed E-state index contributed by atoms with van der Waals surface area (Å²) < 4.78 is 10.5. The molecule has 4 rings (SSSR count). The van der Waals surface area contributed by atoms with Crippen molar-refractivity contribution in [3.05, 3.63) is 62.8 Å². The van der Waals surface area contributed by atoms with Gasteiger partial charge in [0.25, 0.3) is 5.91 Å². The van der Waals surface area contributed by atoms with Gasteiger partial charge in [-0.3, -0.25) is 9.69 Å². The van der Waals surface area contributed by atoms with Crippen molar-refractivity contribution >= 4 is 16.9 Å². The molecular weight excluding hydrogens is 358 g/mol. The van der Waals surface area contributed by atoms with Crippen LogP contribution in [0.3, 0.4) is 0 Å². The minimum Gasteiger partial charge on any atom is -0.422 e. The van der Waals surface area contributed by atoms with Crippen LogP contribution in [0.15, 0.2) is 38.0 Å². The molecule has 1 amide bonds. The van der Waals surface area contributed by atoms with E-state index in [1.165, 1.54) is 0 Å². The monoisotopic (exact) mass is 381 g/mol. The van der Waals surface area contributed by atoms with Gasteiger partial charge in [-0.25, -0.2) is 4.79 Å². The van der Waals surface area contributed by atoms with Crippen molar-refractivity contribution in [2.45, 2.75) is 27.3 Å². The molecule has 0 saturated carbocycles. The maximum absolute atomic E-state index is 12.5. The molecule has 1 saturated heterocycles. The first-order valence-electron chi connectivity index (χ1n) is 9.40. The highest BCUT2D eigenvalue weighted by atomic mass is 16.5. The zero-order valence-corrected chi connectivity index (χ0v) is 16.3. The number of hydrogen-bond donors (Lipinski definition) is 0. The normalized spacial score (nSPS) is 15.3. The smallest absolute Gasteiger partial charge is 0.336 e. The molecule has 0 bridgehead atoms. The quantitative estimate of drug-likeness (QED) is 0.649. The van der Waals surface area contributed by atoms with Gasteiger partial charge in [0.05, 0.1) is 5.69 Å². The first kappa shape index (κ1) is 18.4. The number of carbonyl (C=O) groups is 1. The summed E-state index contributed by atoms with van der Waals surface area (Å²) in [6.07, 6.45) is 0. The van der Waals surface area contributed by atoms with Gasteiger partial charge >= 0.3 is 5.63 Å². The second-order valence-corrected chi connectivity index (χ2v) is 7.38. The Morgan fingerprint density at radius 3 is 2.54 bits per heavy atom. The lowest BCUT2D eigenvalue weighted by atomic mass is 10.0. The number of piperazine rings is 1. The first-order chi connectivity index (χ1) is 13.4. The van der Waals surface area contributed by atoms with Crippen LogP contribution in [0.5, 0.6) is 0 Å². The minimum absolute atomic E-state index is 0.128. The minimum atomic E-state index is -0.328. The van der Waals surface area contributed by atoms with Gasteiger partial charge in [-0.05, 0) is 37.5 Å². The number of aryl methyl sites for hydroxylation is 3. The average Bonchev–Trinajstić information content (AvgIpc) is 3.11. The Labute approximate surface area is 162 Å². The van der Waals surface area contributed by atoms with Crippen molar-refractivity contribution in [1.29, 1.82) is 0 Å². The van der Waals surface area contributed by atoms with E-state index >= 15 is 0 Å². The summed E-state index contributed by atoms with van der Waals surface area (Å²) in [5, 5.41) is 4.75. The Balaban J connectivity index is 1.49. The zero-order valence-electron chi connectivity index (χ0n) is 16.3. The number of rotatable bonds is 3. The highest BCUT2D eigenvalue weighted by Crippen LogP contribution is 2.24. The first-order valence-corrected chi connectivity index (χ1v) is 9.40. The van der Waals surface area contributed by atoms with Gasteiger partial charge in [0.2, 0.25) is 5.76 Å². The predicted molar refractivity (Wildman–Crippen MR) is 104 cm³/mol. The Morgan fingerprint density at radius 1 is 1.11 bits per heavy atom. The van der Waals surface area contributed by atoms with Crippen molar-refractivity contribution in [3.8, 4) is 0 Å². The number of hydrogen-bond acceptors (Lipinski definition) is 6. The molecule has 0 unspecified atom stereocenters. The number of carbonyl (C=O) groups excluding carboxylic acids is 1. The summed E-state index contributed by atoms with van der Waals surface area (Å²) in [4.78, 5) is 28.6. The van der Waals surface area contributed by atoms with Crippen molar-refractivity contribution in [2.24, 2.45) is 0 Å². The fraction of sp³-hybridized carbons (Fsp3) is 0.381. The molecule has 0 spiro atoms. The molecule has 0 aliphatic carbocycles. The van der Waals surface area contributed by atoms with Crippen LogP contribution in [-0.2, 0) is 6.54 Å². The summed E-state index contributed by atoms with van der Waals surface area (Å²) in [5.74, 6) is 0.153. The van der Waals surface area contributed by atoms with E-state index in [4.69, 9.17) is 8.94 Å². The summed E-state index contributed by atoms with van der Waals surface area (Å²) in [7, 11) is 0. The van der Waals surface area contributed by atoms with Gasteiger partial charge in [-0.2, -0.15) is 0 Å². The van der Waals surface area contributed by atoms with Crippen molar-refractivity contribution in [2.75, 3.05) is 26.2 Å². The largest absolute Gasteiger partial charge is 0.422 e. The van der Waals surface area contributed by atoms with E-state index in [2.05, 4.69) is 16.1 Å². The lowest BCUT2D eigenvalue weighted by Gasteiger charge is -2.34. The molecule has 3 heterocycles. The van der Waals surface area contributed by atoms with Gasteiger partial charge in [0.1, 0.15) is 5.58 Å². The van der Waals surface area contributed by atoms with Crippen LogP contribution in [-0.4, -0.2) is 47.0 Å². The van der Waals surface area contributed by atoms with Gasteiger partial charge < -0.3 is 13.8 Å². The van der Waals surface area contributed by atoms with Crippen LogP contribution in [0.1, 0.15) is 32.9 Å². The third-order valence-corrected chi connectivity index (χ3v) is 5.41. The number of aromatic nitrogens is 1. The maximum atomic E-state index is 12.5. The number of fused-ring (bicyclic) bond motifs is 1. The molecule has 2 aromatic heterocycles. The second kappa shape index (κ2) is 7.24. The standard InChI is InChI=1S/C21H23N3O4/c1-13-4-5-17-16(11-19(25)27-20(17)15(13)3)12-23-6-8-24(9-7-23)21(26)18-10-14(2)22-28-18/h4-5,10-11H,6-9,12H2,1-3H3. The van der Waals surface area contributed by atoms with Crippen LogP contribution in [0, 0.1) is 20.8 Å². The van der Waals surface area contributed by atoms with Gasteiger partial charge in [0, 0.05) is 50.2 Å². The van der Waals surface area contributed by atoms with Crippen molar-refractivity contribution < 1.29 is 13.7 Å². The molecule has 1 fully saturated rings. The molecule has 1 aliphatic heterocycles. The maximum Gasteiger partial charge on any atom is 0.336 e. The van der Waals surface area contributed by atoms with E-state index in [9.17, 15) is 9.59 Å². The van der Waals surface area contributed by atoms with E-state index in [0.717, 1.165) is 35.2 Å². The third kappa shape index (κ3) is 3.45. The molecule has 1 aliphatic rings. The second-order valence-electron chi connectivity index (χ2n) is 7.38. The van der Waals surface area contributed by atoms with Crippen LogP contribution in [0.4, 0.5) is 0 Å². The van der Waals surface area contributed by atoms with E-state index < -0.39 is 0 Å². The molecule has 7 heteroatoms. The molecule has 0 atom stereocenters. The van der Waals surface area contributed by atoms with Crippen LogP contribution in [0.25, 0.3) is 11.0 Å². The van der Waals surface area contributed by atoms with E-state index in [1.54, 1.807) is 24.0 Å². The highest BCUT2D eigenvalue weighted by Gasteiger charge is 2.25. The SMILES string of the molecule is Cc1cc(C(=O)N2CCN(Cc3cc(=O)oc4c(C)c(C)ccc34)CC2)on1. The van der Waals surface area contributed by atoms with Crippen LogP contribution >= 0.6 is 0 Å². The van der Waals surface area contributed by atoms with Gasteiger partial charge in [0.15, 0.2) is 0 Å². The van der Waals surface area contributed by atoms with E-state index in [-0.39, 0.29) is 17.3 Å². The molecule has 3 aromatic rings. The molecule has 1 aromatic carbocycles. The zero-order chi connectivity index (χ0) is 19.8. The molecule has 0 N–H and O–H groups in total. The van der Waals surface area contributed by atoms with Gasteiger partial charge in [-0.15, -0.1) is 0 Å². The summed E-state index contributed by atoms with van der Waals surface area (Å²) in [5.41, 5.74) is 4.08. The molecule has 146 valence electrons. The summed E-state index contributed by atoms with van der Waals surface area (Å²) in [6, 6.07) is 7.31.